The van der Waals surface area contributed by atoms with Crippen molar-refractivity contribution in [2.24, 2.45) is 5.41 Å². The first-order chi connectivity index (χ1) is 7.21. The van der Waals surface area contributed by atoms with Crippen LogP contribution in [0.5, 0.6) is 0 Å². The van der Waals surface area contributed by atoms with E-state index in [0.717, 1.165) is 6.42 Å². The zero-order chi connectivity index (χ0) is 10.7. The van der Waals surface area contributed by atoms with Crippen molar-refractivity contribution in [2.75, 3.05) is 0 Å². The van der Waals surface area contributed by atoms with E-state index in [0.29, 0.717) is 0 Å². The fraction of sp³-hybridized carbons (Fsp3) is 0.615. The van der Waals surface area contributed by atoms with Crippen LogP contribution in [0.1, 0.15) is 38.2 Å². The van der Waals surface area contributed by atoms with Crippen molar-refractivity contribution in [2.45, 2.75) is 45.1 Å². The van der Waals surface area contributed by atoms with Crippen molar-refractivity contribution in [3.8, 4) is 0 Å². The van der Waals surface area contributed by atoms with E-state index in [4.69, 9.17) is 0 Å². The van der Waals surface area contributed by atoms with Gasteiger partial charge in [-0.3, -0.25) is 4.98 Å². The smallest absolute Gasteiger partial charge is 0.0634 e. The minimum Gasteiger partial charge on any atom is -0.392 e. The molecule has 82 valence electrons. The highest BCUT2D eigenvalue weighted by Crippen LogP contribution is 2.41. The van der Waals surface area contributed by atoms with Crippen LogP contribution < -0.4 is 0 Å². The normalized spacial score (nSPS) is 21.5. The molecule has 1 unspecified atom stereocenters. The maximum Gasteiger partial charge on any atom is 0.0634 e. The quantitative estimate of drug-likeness (QED) is 0.822. The molecule has 1 atom stereocenters. The molecule has 2 rings (SSSR count). The molecule has 0 aliphatic heterocycles. The largest absolute Gasteiger partial charge is 0.392 e. The van der Waals surface area contributed by atoms with Gasteiger partial charge in [-0.1, -0.05) is 19.8 Å². The Labute approximate surface area is 91.4 Å². The van der Waals surface area contributed by atoms with E-state index in [2.05, 4.69) is 11.9 Å². The molecule has 1 aliphatic rings. The number of aliphatic hydroxyl groups is 1. The van der Waals surface area contributed by atoms with Crippen molar-refractivity contribution in [1.29, 1.82) is 0 Å². The van der Waals surface area contributed by atoms with Gasteiger partial charge in [-0.15, -0.1) is 0 Å². The number of rotatable bonds is 3. The molecule has 2 heteroatoms. The fourth-order valence-corrected chi connectivity index (χ4v) is 2.50. The van der Waals surface area contributed by atoms with Crippen LogP contribution >= 0.6 is 0 Å². The van der Waals surface area contributed by atoms with Gasteiger partial charge < -0.3 is 5.11 Å². The summed E-state index contributed by atoms with van der Waals surface area (Å²) < 4.78 is 0. The summed E-state index contributed by atoms with van der Waals surface area (Å²) in [7, 11) is 0. The standard InChI is InChI=1S/C13H19NO/c1-13(6-2-3-7-13)12(15)10-11-4-8-14-9-5-11/h4-5,8-9,12,15H,2-3,6-7,10H2,1H3. The summed E-state index contributed by atoms with van der Waals surface area (Å²) in [5.74, 6) is 0. The second-order valence-electron chi connectivity index (χ2n) is 4.94. The third kappa shape index (κ3) is 2.37. The van der Waals surface area contributed by atoms with Gasteiger partial charge in [0.1, 0.15) is 0 Å². The lowest BCUT2D eigenvalue weighted by Gasteiger charge is -2.30. The van der Waals surface area contributed by atoms with Crippen molar-refractivity contribution in [3.05, 3.63) is 30.1 Å². The summed E-state index contributed by atoms with van der Waals surface area (Å²) in [6.45, 7) is 2.21. The molecule has 1 fully saturated rings. The number of pyridine rings is 1. The molecule has 1 heterocycles. The van der Waals surface area contributed by atoms with Crippen LogP contribution in [0.4, 0.5) is 0 Å². The predicted molar refractivity (Wildman–Crippen MR) is 60.5 cm³/mol. The van der Waals surface area contributed by atoms with Gasteiger partial charge in [0.05, 0.1) is 6.10 Å². The van der Waals surface area contributed by atoms with E-state index in [1.165, 1.54) is 31.2 Å². The molecule has 0 saturated heterocycles. The summed E-state index contributed by atoms with van der Waals surface area (Å²) in [4.78, 5) is 3.99. The van der Waals surface area contributed by atoms with Crippen LogP contribution in [0.3, 0.4) is 0 Å². The Hall–Kier alpha value is -0.890. The van der Waals surface area contributed by atoms with Crippen molar-refractivity contribution in [1.82, 2.24) is 4.98 Å². The Kier molecular flexibility index (Phi) is 3.06. The summed E-state index contributed by atoms with van der Waals surface area (Å²) >= 11 is 0. The third-order valence-electron chi connectivity index (χ3n) is 3.73. The Morgan fingerprint density at radius 3 is 2.53 bits per heavy atom. The molecule has 15 heavy (non-hydrogen) atoms. The fourth-order valence-electron chi connectivity index (χ4n) is 2.50. The molecule has 0 bridgehead atoms. The first-order valence-electron chi connectivity index (χ1n) is 5.78. The van der Waals surface area contributed by atoms with Gasteiger partial charge in [0.2, 0.25) is 0 Å². The number of aliphatic hydroxyl groups excluding tert-OH is 1. The minimum atomic E-state index is -0.206. The van der Waals surface area contributed by atoms with Gasteiger partial charge in [0.15, 0.2) is 0 Å². The third-order valence-corrected chi connectivity index (χ3v) is 3.73. The van der Waals surface area contributed by atoms with Gasteiger partial charge >= 0.3 is 0 Å². The summed E-state index contributed by atoms with van der Waals surface area (Å²) in [6, 6.07) is 3.98. The minimum absolute atomic E-state index is 0.142. The summed E-state index contributed by atoms with van der Waals surface area (Å²) in [5.41, 5.74) is 1.33. The lowest BCUT2D eigenvalue weighted by atomic mass is 9.80. The molecule has 1 aromatic rings. The Morgan fingerprint density at radius 1 is 1.33 bits per heavy atom. The average molecular weight is 205 g/mol. The van der Waals surface area contributed by atoms with E-state index in [1.54, 1.807) is 12.4 Å². The highest BCUT2D eigenvalue weighted by molar-refractivity contribution is 5.12. The first-order valence-corrected chi connectivity index (χ1v) is 5.78. The Balaban J connectivity index is 2.00. The maximum atomic E-state index is 10.2. The van der Waals surface area contributed by atoms with Crippen molar-refractivity contribution < 1.29 is 5.11 Å². The van der Waals surface area contributed by atoms with Crippen molar-refractivity contribution >= 4 is 0 Å². The molecule has 0 aromatic carbocycles. The number of hydrogen-bond acceptors (Lipinski definition) is 2. The zero-order valence-corrected chi connectivity index (χ0v) is 9.32. The van der Waals surface area contributed by atoms with Crippen LogP contribution in [0.15, 0.2) is 24.5 Å². The van der Waals surface area contributed by atoms with Crippen LogP contribution in [-0.2, 0) is 6.42 Å². The molecule has 0 amide bonds. The van der Waals surface area contributed by atoms with E-state index >= 15 is 0 Å². The molecule has 0 radical (unpaired) electrons. The highest BCUT2D eigenvalue weighted by atomic mass is 16.3. The molecule has 1 saturated carbocycles. The molecular formula is C13H19NO. The second kappa shape index (κ2) is 4.31. The molecular weight excluding hydrogens is 186 g/mol. The average Bonchev–Trinajstić information content (AvgIpc) is 2.68. The SMILES string of the molecule is CC1(C(O)Cc2ccncc2)CCCC1. The lowest BCUT2D eigenvalue weighted by molar-refractivity contribution is 0.0423. The van der Waals surface area contributed by atoms with Crippen LogP contribution in [-0.4, -0.2) is 16.2 Å². The van der Waals surface area contributed by atoms with Crippen LogP contribution in [0.25, 0.3) is 0 Å². The van der Waals surface area contributed by atoms with E-state index in [1.807, 2.05) is 12.1 Å². The van der Waals surface area contributed by atoms with E-state index in [-0.39, 0.29) is 11.5 Å². The molecule has 0 spiro atoms. The zero-order valence-electron chi connectivity index (χ0n) is 9.32. The van der Waals surface area contributed by atoms with E-state index < -0.39 is 0 Å². The second-order valence-corrected chi connectivity index (χ2v) is 4.94. The van der Waals surface area contributed by atoms with Crippen LogP contribution in [0.2, 0.25) is 0 Å². The Bertz CT molecular complexity index is 304. The molecule has 1 N–H and O–H groups in total. The topological polar surface area (TPSA) is 33.1 Å². The first kappa shape index (κ1) is 10.6. The number of nitrogens with zero attached hydrogens (tertiary/aromatic N) is 1. The van der Waals surface area contributed by atoms with E-state index in [9.17, 15) is 5.11 Å². The maximum absolute atomic E-state index is 10.2. The highest BCUT2D eigenvalue weighted by Gasteiger charge is 2.35. The van der Waals surface area contributed by atoms with Gasteiger partial charge in [-0.05, 0) is 42.4 Å². The van der Waals surface area contributed by atoms with Gasteiger partial charge in [0, 0.05) is 12.4 Å². The van der Waals surface area contributed by atoms with Gasteiger partial charge in [0.25, 0.3) is 0 Å². The molecule has 2 nitrogen and oxygen atoms in total. The van der Waals surface area contributed by atoms with Crippen molar-refractivity contribution in [3.63, 3.8) is 0 Å². The summed E-state index contributed by atoms with van der Waals surface area (Å²) in [6.07, 6.45) is 9.01. The molecule has 1 aromatic heterocycles. The van der Waals surface area contributed by atoms with Gasteiger partial charge in [-0.2, -0.15) is 0 Å². The number of aromatic nitrogens is 1. The Morgan fingerprint density at radius 2 is 1.93 bits per heavy atom. The lowest BCUT2D eigenvalue weighted by Crippen LogP contribution is -2.31. The number of hydrogen-bond donors (Lipinski definition) is 1. The molecule has 1 aliphatic carbocycles. The monoisotopic (exact) mass is 205 g/mol. The van der Waals surface area contributed by atoms with Gasteiger partial charge in [-0.25, -0.2) is 0 Å². The summed E-state index contributed by atoms with van der Waals surface area (Å²) in [5, 5.41) is 10.2. The van der Waals surface area contributed by atoms with Crippen LogP contribution in [0, 0.1) is 5.41 Å². The predicted octanol–water partition coefficient (Wildman–Crippen LogP) is 2.57.